The van der Waals surface area contributed by atoms with Gasteiger partial charge in [0.25, 0.3) is 0 Å². The third kappa shape index (κ3) is 4.87. The molecule has 2 nitrogen and oxygen atoms in total. The van der Waals surface area contributed by atoms with Crippen LogP contribution < -0.4 is 5.32 Å². The lowest BCUT2D eigenvalue weighted by Crippen LogP contribution is -2.09. The molecule has 1 aromatic rings. The molecule has 4 heteroatoms. The van der Waals surface area contributed by atoms with Crippen LogP contribution in [0.15, 0.2) is 22.7 Å². The zero-order chi connectivity index (χ0) is 11.1. The SMILES string of the molecule is CCCOCCNc1ccc(Br)cc1Cl. The van der Waals surface area contributed by atoms with E-state index in [1.165, 1.54) is 0 Å². The van der Waals surface area contributed by atoms with E-state index in [0.29, 0.717) is 6.61 Å². The average molecular weight is 293 g/mol. The third-order valence-corrected chi connectivity index (χ3v) is 2.65. The highest BCUT2D eigenvalue weighted by Gasteiger charge is 1.99. The van der Waals surface area contributed by atoms with E-state index in [1.54, 1.807) is 0 Å². The number of ether oxygens (including phenoxy) is 1. The minimum atomic E-state index is 0.709. The van der Waals surface area contributed by atoms with Gasteiger partial charge in [0, 0.05) is 17.6 Å². The summed E-state index contributed by atoms with van der Waals surface area (Å²) in [5, 5.41) is 3.94. The van der Waals surface area contributed by atoms with Crippen molar-refractivity contribution in [2.45, 2.75) is 13.3 Å². The van der Waals surface area contributed by atoms with Gasteiger partial charge in [-0.15, -0.1) is 0 Å². The Labute approximate surface area is 104 Å². The van der Waals surface area contributed by atoms with Crippen molar-refractivity contribution in [1.82, 2.24) is 0 Å². The summed E-state index contributed by atoms with van der Waals surface area (Å²) >= 11 is 9.40. The van der Waals surface area contributed by atoms with E-state index >= 15 is 0 Å². The second kappa shape index (κ2) is 7.09. The smallest absolute Gasteiger partial charge is 0.0648 e. The van der Waals surface area contributed by atoms with Crippen LogP contribution in [0.5, 0.6) is 0 Å². The van der Waals surface area contributed by atoms with Crippen LogP contribution in [0.1, 0.15) is 13.3 Å². The van der Waals surface area contributed by atoms with E-state index in [-0.39, 0.29) is 0 Å². The molecular formula is C11H15BrClNO. The molecule has 15 heavy (non-hydrogen) atoms. The van der Waals surface area contributed by atoms with Crippen molar-refractivity contribution in [3.05, 3.63) is 27.7 Å². The molecule has 1 rings (SSSR count). The highest BCUT2D eigenvalue weighted by molar-refractivity contribution is 9.10. The lowest BCUT2D eigenvalue weighted by Gasteiger charge is -2.08. The van der Waals surface area contributed by atoms with Crippen molar-refractivity contribution in [3.63, 3.8) is 0 Å². The predicted molar refractivity (Wildman–Crippen MR) is 68.8 cm³/mol. The first-order valence-electron chi connectivity index (χ1n) is 5.00. The van der Waals surface area contributed by atoms with E-state index < -0.39 is 0 Å². The lowest BCUT2D eigenvalue weighted by molar-refractivity contribution is 0.144. The summed E-state index contributed by atoms with van der Waals surface area (Å²) in [5.74, 6) is 0. The number of hydrogen-bond acceptors (Lipinski definition) is 2. The highest BCUT2D eigenvalue weighted by Crippen LogP contribution is 2.25. The maximum atomic E-state index is 6.04. The molecule has 0 amide bonds. The van der Waals surface area contributed by atoms with Gasteiger partial charge in [0.05, 0.1) is 17.3 Å². The Bertz CT molecular complexity index is 307. The molecule has 0 fully saturated rings. The van der Waals surface area contributed by atoms with Gasteiger partial charge in [-0.1, -0.05) is 34.5 Å². The van der Waals surface area contributed by atoms with Crippen LogP contribution in [-0.2, 0) is 4.74 Å². The molecule has 0 bridgehead atoms. The zero-order valence-electron chi connectivity index (χ0n) is 8.72. The minimum absolute atomic E-state index is 0.709. The van der Waals surface area contributed by atoms with Gasteiger partial charge in [-0.25, -0.2) is 0 Å². The number of benzene rings is 1. The molecule has 0 aliphatic carbocycles. The molecule has 1 aromatic carbocycles. The van der Waals surface area contributed by atoms with Gasteiger partial charge < -0.3 is 10.1 Å². The molecule has 1 N–H and O–H groups in total. The standard InChI is InChI=1S/C11H15BrClNO/c1-2-6-15-7-5-14-11-4-3-9(12)8-10(11)13/h3-4,8,14H,2,5-7H2,1H3. The molecule has 0 saturated carbocycles. The first-order chi connectivity index (χ1) is 7.24. The van der Waals surface area contributed by atoms with E-state index in [2.05, 4.69) is 28.2 Å². The van der Waals surface area contributed by atoms with Crippen molar-refractivity contribution in [3.8, 4) is 0 Å². The van der Waals surface area contributed by atoms with E-state index in [9.17, 15) is 0 Å². The van der Waals surface area contributed by atoms with E-state index in [1.807, 2.05) is 18.2 Å². The summed E-state index contributed by atoms with van der Waals surface area (Å²) in [5.41, 5.74) is 0.944. The van der Waals surface area contributed by atoms with Crippen LogP contribution in [0.4, 0.5) is 5.69 Å². The summed E-state index contributed by atoms with van der Waals surface area (Å²) in [6.45, 7) is 4.40. The van der Waals surface area contributed by atoms with Crippen LogP contribution >= 0.6 is 27.5 Å². The van der Waals surface area contributed by atoms with E-state index in [0.717, 1.165) is 34.8 Å². The summed E-state index contributed by atoms with van der Waals surface area (Å²) in [7, 11) is 0. The number of anilines is 1. The molecule has 0 spiro atoms. The molecule has 0 aliphatic rings. The van der Waals surface area contributed by atoms with Crippen molar-refractivity contribution in [2.75, 3.05) is 25.1 Å². The average Bonchev–Trinajstić information content (AvgIpc) is 2.20. The predicted octanol–water partition coefficient (Wildman–Crippen LogP) is 3.94. The second-order valence-electron chi connectivity index (χ2n) is 3.16. The molecule has 0 heterocycles. The number of nitrogens with one attached hydrogen (secondary N) is 1. The number of rotatable bonds is 6. The molecular weight excluding hydrogens is 277 g/mol. The normalized spacial score (nSPS) is 10.3. The van der Waals surface area contributed by atoms with Crippen LogP contribution in [0.3, 0.4) is 0 Å². The summed E-state index contributed by atoms with van der Waals surface area (Å²) in [6.07, 6.45) is 1.05. The van der Waals surface area contributed by atoms with Gasteiger partial charge in [-0.2, -0.15) is 0 Å². The Morgan fingerprint density at radius 3 is 2.87 bits per heavy atom. The van der Waals surface area contributed by atoms with E-state index in [4.69, 9.17) is 16.3 Å². The Hall–Kier alpha value is -0.250. The van der Waals surface area contributed by atoms with Crippen molar-refractivity contribution >= 4 is 33.2 Å². The fraction of sp³-hybridized carbons (Fsp3) is 0.455. The first-order valence-corrected chi connectivity index (χ1v) is 6.17. The third-order valence-electron chi connectivity index (χ3n) is 1.84. The van der Waals surface area contributed by atoms with Crippen LogP contribution in [0.2, 0.25) is 5.02 Å². The van der Waals surface area contributed by atoms with Gasteiger partial charge in [0.15, 0.2) is 0 Å². The quantitative estimate of drug-likeness (QED) is 0.802. The topological polar surface area (TPSA) is 21.3 Å². The van der Waals surface area contributed by atoms with Gasteiger partial charge in [-0.3, -0.25) is 0 Å². The summed E-state index contributed by atoms with van der Waals surface area (Å²) in [6, 6.07) is 5.78. The zero-order valence-corrected chi connectivity index (χ0v) is 11.1. The lowest BCUT2D eigenvalue weighted by atomic mass is 10.3. The number of halogens is 2. The van der Waals surface area contributed by atoms with Gasteiger partial charge in [0.2, 0.25) is 0 Å². The largest absolute Gasteiger partial charge is 0.382 e. The fourth-order valence-electron chi connectivity index (χ4n) is 1.14. The van der Waals surface area contributed by atoms with Gasteiger partial charge >= 0.3 is 0 Å². The maximum Gasteiger partial charge on any atom is 0.0648 e. The summed E-state index contributed by atoms with van der Waals surface area (Å²) < 4.78 is 6.34. The molecule has 0 saturated heterocycles. The van der Waals surface area contributed by atoms with Gasteiger partial charge in [-0.05, 0) is 24.6 Å². The van der Waals surface area contributed by atoms with Crippen molar-refractivity contribution < 1.29 is 4.74 Å². The Morgan fingerprint density at radius 2 is 2.20 bits per heavy atom. The fourth-order valence-corrected chi connectivity index (χ4v) is 1.88. The first kappa shape index (κ1) is 12.8. The van der Waals surface area contributed by atoms with Crippen LogP contribution in [0, 0.1) is 0 Å². The molecule has 0 radical (unpaired) electrons. The van der Waals surface area contributed by atoms with Crippen LogP contribution in [0.25, 0.3) is 0 Å². The van der Waals surface area contributed by atoms with Gasteiger partial charge in [0.1, 0.15) is 0 Å². The van der Waals surface area contributed by atoms with Crippen molar-refractivity contribution in [2.24, 2.45) is 0 Å². The summed E-state index contributed by atoms with van der Waals surface area (Å²) in [4.78, 5) is 0. The van der Waals surface area contributed by atoms with Crippen LogP contribution in [-0.4, -0.2) is 19.8 Å². The molecule has 0 aromatic heterocycles. The maximum absolute atomic E-state index is 6.04. The Morgan fingerprint density at radius 1 is 1.40 bits per heavy atom. The second-order valence-corrected chi connectivity index (χ2v) is 4.49. The molecule has 84 valence electrons. The highest BCUT2D eigenvalue weighted by atomic mass is 79.9. The van der Waals surface area contributed by atoms with Crippen molar-refractivity contribution in [1.29, 1.82) is 0 Å². The number of hydrogen-bond donors (Lipinski definition) is 1. The molecule has 0 aliphatic heterocycles. The molecule has 0 unspecified atom stereocenters. The monoisotopic (exact) mass is 291 g/mol. The Kier molecular flexibility index (Phi) is 6.06. The Balaban J connectivity index is 2.31. The minimum Gasteiger partial charge on any atom is -0.382 e. The molecule has 0 atom stereocenters.